The summed E-state index contributed by atoms with van der Waals surface area (Å²) in [6.45, 7) is -0.117. The zero-order chi connectivity index (χ0) is 10.4. The third-order valence-electron chi connectivity index (χ3n) is 2.05. The van der Waals surface area contributed by atoms with Gasteiger partial charge in [-0.25, -0.2) is 0 Å². The predicted octanol–water partition coefficient (Wildman–Crippen LogP) is 2.93. The minimum Gasteiger partial charge on any atom is -0.396 e. The summed E-state index contributed by atoms with van der Waals surface area (Å²) in [5.74, 6) is -0.238. The maximum Gasteiger partial charge on any atom is 0.266 e. The molecule has 76 valence electrons. The van der Waals surface area contributed by atoms with E-state index in [1.54, 1.807) is 0 Å². The van der Waals surface area contributed by atoms with Crippen molar-refractivity contribution in [3.63, 3.8) is 0 Å². The molecule has 0 saturated heterocycles. The molecular formula is C11H12F2O. The Kier molecular flexibility index (Phi) is 4.26. The number of halogens is 2. The van der Waals surface area contributed by atoms with Crippen LogP contribution >= 0.6 is 0 Å². The van der Waals surface area contributed by atoms with Crippen molar-refractivity contribution in [2.45, 2.75) is 12.3 Å². The van der Waals surface area contributed by atoms with Crippen LogP contribution in [0.5, 0.6) is 0 Å². The quantitative estimate of drug-likeness (QED) is 0.788. The summed E-state index contributed by atoms with van der Waals surface area (Å²) in [4.78, 5) is 0. The first-order chi connectivity index (χ1) is 6.74. The minimum absolute atomic E-state index is 0.117. The second-order valence-corrected chi connectivity index (χ2v) is 3.02. The maximum absolute atomic E-state index is 11.8. The summed E-state index contributed by atoms with van der Waals surface area (Å²) in [6, 6.07) is 9.15. The Morgan fingerprint density at radius 2 is 1.93 bits per heavy atom. The molecule has 1 aromatic carbocycles. The zero-order valence-corrected chi connectivity index (χ0v) is 7.66. The van der Waals surface area contributed by atoms with E-state index in [1.807, 2.05) is 30.3 Å². The molecule has 1 N–H and O–H groups in total. The summed E-state index contributed by atoms with van der Waals surface area (Å²) < 4.78 is 23.7. The zero-order valence-electron chi connectivity index (χ0n) is 7.66. The fourth-order valence-electron chi connectivity index (χ4n) is 1.27. The van der Waals surface area contributed by atoms with Gasteiger partial charge < -0.3 is 5.11 Å². The van der Waals surface area contributed by atoms with Crippen LogP contribution in [0.1, 0.15) is 17.9 Å². The van der Waals surface area contributed by atoms with Crippen LogP contribution < -0.4 is 0 Å². The van der Waals surface area contributed by atoms with Gasteiger partial charge in [0.15, 0.2) is 0 Å². The highest BCUT2D eigenvalue weighted by atomic mass is 19.3. The van der Waals surface area contributed by atoms with Gasteiger partial charge in [-0.1, -0.05) is 30.3 Å². The largest absolute Gasteiger partial charge is 0.396 e. The van der Waals surface area contributed by atoms with E-state index in [0.717, 1.165) is 11.6 Å². The molecule has 0 bridgehead atoms. The van der Waals surface area contributed by atoms with Crippen molar-refractivity contribution in [3.05, 3.63) is 48.1 Å². The smallest absolute Gasteiger partial charge is 0.266 e. The summed E-state index contributed by atoms with van der Waals surface area (Å²) in [6.07, 6.45) is -0.684. The number of aliphatic hydroxyl groups is 1. The molecule has 3 heteroatoms. The Morgan fingerprint density at radius 1 is 1.29 bits per heavy atom. The predicted molar refractivity (Wildman–Crippen MR) is 51.2 cm³/mol. The van der Waals surface area contributed by atoms with Gasteiger partial charge in [-0.15, -0.1) is 0 Å². The molecule has 0 aliphatic heterocycles. The van der Waals surface area contributed by atoms with Crippen molar-refractivity contribution in [2.75, 3.05) is 6.61 Å². The molecule has 0 radical (unpaired) electrons. The monoisotopic (exact) mass is 198 g/mol. The highest BCUT2D eigenvalue weighted by Gasteiger charge is 2.08. The van der Waals surface area contributed by atoms with E-state index in [9.17, 15) is 8.78 Å². The fourth-order valence-corrected chi connectivity index (χ4v) is 1.27. The number of hydrogen-bond acceptors (Lipinski definition) is 1. The molecule has 1 nitrogen and oxygen atoms in total. The molecule has 0 amide bonds. The highest BCUT2D eigenvalue weighted by molar-refractivity contribution is 5.20. The van der Waals surface area contributed by atoms with Gasteiger partial charge in [0.2, 0.25) is 0 Å². The van der Waals surface area contributed by atoms with Crippen LogP contribution in [0.15, 0.2) is 42.5 Å². The van der Waals surface area contributed by atoms with Gasteiger partial charge in [0, 0.05) is 5.92 Å². The summed E-state index contributed by atoms with van der Waals surface area (Å²) in [7, 11) is 0. The van der Waals surface area contributed by atoms with Crippen LogP contribution in [0.25, 0.3) is 0 Å². The second kappa shape index (κ2) is 5.50. The van der Waals surface area contributed by atoms with Crippen molar-refractivity contribution >= 4 is 0 Å². The molecular weight excluding hydrogens is 186 g/mol. The molecule has 0 aromatic heterocycles. The van der Waals surface area contributed by atoms with Crippen molar-refractivity contribution in [1.29, 1.82) is 0 Å². The molecule has 1 unspecified atom stereocenters. The number of benzene rings is 1. The van der Waals surface area contributed by atoms with E-state index in [2.05, 4.69) is 0 Å². The molecule has 0 aliphatic rings. The average Bonchev–Trinajstić information content (AvgIpc) is 2.20. The third kappa shape index (κ3) is 3.26. The molecule has 0 heterocycles. The Bertz CT molecular complexity index is 291. The number of hydrogen-bond donors (Lipinski definition) is 1. The lowest BCUT2D eigenvalue weighted by Gasteiger charge is -2.11. The molecule has 1 aromatic rings. The van der Waals surface area contributed by atoms with E-state index >= 15 is 0 Å². The molecule has 1 atom stereocenters. The van der Waals surface area contributed by atoms with Crippen molar-refractivity contribution in [3.8, 4) is 0 Å². The first kappa shape index (κ1) is 10.9. The molecule has 0 aliphatic carbocycles. The summed E-state index contributed by atoms with van der Waals surface area (Å²) in [5, 5.41) is 9.02. The second-order valence-electron chi connectivity index (χ2n) is 3.02. The Balaban J connectivity index is 2.68. The highest BCUT2D eigenvalue weighted by Crippen LogP contribution is 2.20. The van der Waals surface area contributed by atoms with Crippen LogP contribution in [-0.2, 0) is 0 Å². The normalized spacial score (nSPS) is 12.2. The molecule has 0 spiro atoms. The minimum atomic E-state index is -1.70. The van der Waals surface area contributed by atoms with Gasteiger partial charge in [0.1, 0.15) is 0 Å². The topological polar surface area (TPSA) is 20.2 Å². The molecule has 0 fully saturated rings. The molecule has 0 saturated carbocycles. The first-order valence-electron chi connectivity index (χ1n) is 4.41. The van der Waals surface area contributed by atoms with E-state index in [4.69, 9.17) is 5.11 Å². The summed E-state index contributed by atoms with van der Waals surface area (Å²) in [5.41, 5.74) is 0.882. The van der Waals surface area contributed by atoms with Gasteiger partial charge >= 0.3 is 0 Å². The van der Waals surface area contributed by atoms with Gasteiger partial charge in [-0.2, -0.15) is 8.78 Å². The van der Waals surface area contributed by atoms with E-state index in [-0.39, 0.29) is 18.9 Å². The van der Waals surface area contributed by atoms with Gasteiger partial charge in [0.25, 0.3) is 6.08 Å². The Hall–Kier alpha value is -1.22. The first-order valence-corrected chi connectivity index (χ1v) is 4.41. The van der Waals surface area contributed by atoms with Gasteiger partial charge in [-0.05, 0) is 18.1 Å². The van der Waals surface area contributed by atoms with Gasteiger partial charge in [-0.3, -0.25) is 0 Å². The number of allylic oxidation sites excluding steroid dienone is 1. The fraction of sp³-hybridized carbons (Fsp3) is 0.273. The van der Waals surface area contributed by atoms with Crippen LogP contribution in [0.3, 0.4) is 0 Å². The van der Waals surface area contributed by atoms with Crippen LogP contribution in [0.4, 0.5) is 8.78 Å². The molecule has 1 rings (SSSR count). The lowest BCUT2D eigenvalue weighted by Crippen LogP contribution is -2.02. The van der Waals surface area contributed by atoms with Crippen molar-refractivity contribution in [2.24, 2.45) is 0 Å². The number of rotatable bonds is 4. The van der Waals surface area contributed by atoms with E-state index in [1.165, 1.54) is 0 Å². The molecule has 14 heavy (non-hydrogen) atoms. The van der Waals surface area contributed by atoms with E-state index < -0.39 is 6.08 Å². The van der Waals surface area contributed by atoms with Gasteiger partial charge in [0.05, 0.1) is 6.61 Å². The van der Waals surface area contributed by atoms with Crippen LogP contribution in [0, 0.1) is 0 Å². The number of aliphatic hydroxyl groups excluding tert-OH is 1. The third-order valence-corrected chi connectivity index (χ3v) is 2.05. The summed E-state index contributed by atoms with van der Waals surface area (Å²) >= 11 is 0. The van der Waals surface area contributed by atoms with Crippen molar-refractivity contribution < 1.29 is 13.9 Å². The van der Waals surface area contributed by atoms with Crippen molar-refractivity contribution in [1.82, 2.24) is 0 Å². The SMILES string of the molecule is OCC(CC=C(F)F)c1ccccc1. The average molecular weight is 198 g/mol. The lowest BCUT2D eigenvalue weighted by atomic mass is 9.97. The maximum atomic E-state index is 11.8. The van der Waals surface area contributed by atoms with Crippen LogP contribution in [0.2, 0.25) is 0 Å². The lowest BCUT2D eigenvalue weighted by molar-refractivity contribution is 0.264. The van der Waals surface area contributed by atoms with Crippen LogP contribution in [-0.4, -0.2) is 11.7 Å². The van der Waals surface area contributed by atoms with E-state index in [0.29, 0.717) is 0 Å². The Morgan fingerprint density at radius 3 is 2.43 bits per heavy atom. The standard InChI is InChI=1S/C11H12F2O/c12-11(13)7-6-10(8-14)9-4-2-1-3-5-9/h1-5,7,10,14H,6,8H2. The Labute approximate surface area is 81.7 Å².